The highest BCUT2D eigenvalue weighted by molar-refractivity contribution is 5.93. The van der Waals surface area contributed by atoms with E-state index in [0.717, 1.165) is 0 Å². The first-order valence-electron chi connectivity index (χ1n) is 5.38. The van der Waals surface area contributed by atoms with Gasteiger partial charge in [-0.15, -0.1) is 0 Å². The van der Waals surface area contributed by atoms with Crippen molar-refractivity contribution in [2.24, 2.45) is 5.73 Å². The normalized spacial score (nSPS) is 10.7. The maximum absolute atomic E-state index is 12.0. The Labute approximate surface area is 107 Å². The third-order valence-electron chi connectivity index (χ3n) is 2.58. The molecule has 2 rings (SSSR count). The van der Waals surface area contributed by atoms with Crippen LogP contribution in [0, 0.1) is 6.92 Å². The van der Waals surface area contributed by atoms with Gasteiger partial charge in [0.1, 0.15) is 5.75 Å². The smallest absolute Gasteiger partial charge is 0.387 e. The van der Waals surface area contributed by atoms with Crippen molar-refractivity contribution in [2.45, 2.75) is 13.5 Å². The van der Waals surface area contributed by atoms with Crippen molar-refractivity contribution in [3.8, 4) is 11.4 Å². The number of hydrogen-bond donors (Lipinski definition) is 1. The van der Waals surface area contributed by atoms with Gasteiger partial charge in [-0.05, 0) is 31.2 Å². The second-order valence-electron chi connectivity index (χ2n) is 3.79. The topological polar surface area (TPSA) is 70.1 Å². The Morgan fingerprint density at radius 3 is 2.47 bits per heavy atom. The molecule has 0 saturated carbocycles. The van der Waals surface area contributed by atoms with Crippen molar-refractivity contribution in [1.29, 1.82) is 0 Å². The van der Waals surface area contributed by atoms with Crippen molar-refractivity contribution in [2.75, 3.05) is 0 Å². The van der Waals surface area contributed by atoms with Gasteiger partial charge in [0.25, 0.3) is 5.91 Å². The van der Waals surface area contributed by atoms with Crippen LogP contribution >= 0.6 is 0 Å². The molecule has 1 heterocycles. The lowest BCUT2D eigenvalue weighted by atomic mass is 10.2. The third-order valence-corrected chi connectivity index (χ3v) is 2.58. The number of benzene rings is 1. The van der Waals surface area contributed by atoms with Crippen LogP contribution in [0.15, 0.2) is 30.5 Å². The molecule has 0 aliphatic rings. The van der Waals surface area contributed by atoms with Crippen LogP contribution in [0.1, 0.15) is 16.1 Å². The molecule has 100 valence electrons. The summed E-state index contributed by atoms with van der Waals surface area (Å²) in [6, 6.07) is 5.91. The van der Waals surface area contributed by atoms with Gasteiger partial charge in [0, 0.05) is 0 Å². The molecule has 0 radical (unpaired) electrons. The first-order chi connectivity index (χ1) is 8.99. The predicted molar refractivity (Wildman–Crippen MR) is 63.5 cm³/mol. The Kier molecular flexibility index (Phi) is 3.46. The summed E-state index contributed by atoms with van der Waals surface area (Å²) in [5, 5.41) is 4.02. The number of amides is 1. The van der Waals surface area contributed by atoms with Crippen LogP contribution in [0.25, 0.3) is 5.69 Å². The summed E-state index contributed by atoms with van der Waals surface area (Å²) < 4.78 is 29.8. The zero-order valence-corrected chi connectivity index (χ0v) is 10.0. The van der Waals surface area contributed by atoms with Gasteiger partial charge in [0.05, 0.1) is 23.1 Å². The largest absolute Gasteiger partial charge is 0.435 e. The fraction of sp³-hybridized carbons (Fsp3) is 0.167. The molecule has 2 N–H and O–H groups in total. The zero-order valence-electron chi connectivity index (χ0n) is 10.0. The maximum atomic E-state index is 12.0. The summed E-state index contributed by atoms with van der Waals surface area (Å²) in [5.41, 5.74) is 6.70. The number of carbonyl (C=O) groups is 1. The number of alkyl halides is 2. The molecule has 2 aromatic rings. The molecule has 1 amide bonds. The molecule has 0 saturated heterocycles. The van der Waals surface area contributed by atoms with Crippen molar-refractivity contribution in [3.63, 3.8) is 0 Å². The Morgan fingerprint density at radius 2 is 2.00 bits per heavy atom. The summed E-state index contributed by atoms with van der Waals surface area (Å²) in [7, 11) is 0. The molecule has 19 heavy (non-hydrogen) atoms. The van der Waals surface area contributed by atoms with Crippen molar-refractivity contribution in [3.05, 3.63) is 41.7 Å². The Bertz CT molecular complexity index is 594. The Balaban J connectivity index is 2.30. The van der Waals surface area contributed by atoms with Gasteiger partial charge in [0.15, 0.2) is 0 Å². The Hall–Kier alpha value is -2.44. The van der Waals surface area contributed by atoms with E-state index in [-0.39, 0.29) is 5.75 Å². The first-order valence-corrected chi connectivity index (χ1v) is 5.38. The van der Waals surface area contributed by atoms with Crippen molar-refractivity contribution < 1.29 is 18.3 Å². The Morgan fingerprint density at radius 1 is 1.37 bits per heavy atom. The minimum Gasteiger partial charge on any atom is -0.435 e. The summed E-state index contributed by atoms with van der Waals surface area (Å²) in [5.74, 6) is -0.514. The van der Waals surface area contributed by atoms with E-state index in [0.29, 0.717) is 16.9 Å². The lowest BCUT2D eigenvalue weighted by Crippen LogP contribution is -2.12. The van der Waals surface area contributed by atoms with E-state index in [1.54, 1.807) is 19.1 Å². The lowest BCUT2D eigenvalue weighted by molar-refractivity contribution is -0.0498. The number of hydrogen-bond acceptors (Lipinski definition) is 3. The first kappa shape index (κ1) is 13.0. The van der Waals surface area contributed by atoms with Crippen LogP contribution in [0.3, 0.4) is 0 Å². The van der Waals surface area contributed by atoms with E-state index in [2.05, 4.69) is 9.84 Å². The average molecular weight is 267 g/mol. The van der Waals surface area contributed by atoms with Gasteiger partial charge in [-0.2, -0.15) is 13.9 Å². The molecular formula is C12H11F2N3O2. The number of carbonyl (C=O) groups excluding carboxylic acids is 1. The number of nitrogens with two attached hydrogens (primary N) is 1. The van der Waals surface area contributed by atoms with Gasteiger partial charge in [-0.25, -0.2) is 4.68 Å². The zero-order chi connectivity index (χ0) is 14.0. The summed E-state index contributed by atoms with van der Waals surface area (Å²) in [4.78, 5) is 11.1. The molecule has 0 bridgehead atoms. The number of nitrogens with zero attached hydrogens (tertiary/aromatic N) is 2. The lowest BCUT2D eigenvalue weighted by Gasteiger charge is -2.07. The number of primary amides is 1. The number of rotatable bonds is 4. The molecule has 0 unspecified atom stereocenters. The highest BCUT2D eigenvalue weighted by Gasteiger charge is 2.12. The predicted octanol–water partition coefficient (Wildman–Crippen LogP) is 1.88. The van der Waals surface area contributed by atoms with Gasteiger partial charge in [0.2, 0.25) is 0 Å². The van der Waals surface area contributed by atoms with E-state index in [1.165, 1.54) is 23.0 Å². The van der Waals surface area contributed by atoms with Crippen molar-refractivity contribution in [1.82, 2.24) is 9.78 Å². The monoisotopic (exact) mass is 267 g/mol. The van der Waals surface area contributed by atoms with E-state index in [9.17, 15) is 13.6 Å². The van der Waals surface area contributed by atoms with Crippen LogP contribution in [0.2, 0.25) is 0 Å². The molecule has 0 spiro atoms. The van der Waals surface area contributed by atoms with E-state index < -0.39 is 12.5 Å². The number of aromatic nitrogens is 2. The molecule has 0 fully saturated rings. The second-order valence-corrected chi connectivity index (χ2v) is 3.79. The number of ether oxygens (including phenoxy) is 1. The SMILES string of the molecule is Cc1c(C(N)=O)cnn1-c1ccc(OC(F)F)cc1. The highest BCUT2D eigenvalue weighted by atomic mass is 19.3. The fourth-order valence-corrected chi connectivity index (χ4v) is 1.68. The molecule has 5 nitrogen and oxygen atoms in total. The van der Waals surface area contributed by atoms with Gasteiger partial charge < -0.3 is 10.5 Å². The van der Waals surface area contributed by atoms with Gasteiger partial charge in [-0.1, -0.05) is 0 Å². The van der Waals surface area contributed by atoms with Crippen LogP contribution in [0.5, 0.6) is 5.75 Å². The molecule has 1 aromatic carbocycles. The fourth-order valence-electron chi connectivity index (χ4n) is 1.68. The van der Waals surface area contributed by atoms with Crippen LogP contribution in [-0.2, 0) is 0 Å². The minimum absolute atomic E-state index is 0.0543. The van der Waals surface area contributed by atoms with Gasteiger partial charge in [-0.3, -0.25) is 4.79 Å². The van der Waals surface area contributed by atoms with Crippen LogP contribution < -0.4 is 10.5 Å². The molecule has 0 atom stereocenters. The third kappa shape index (κ3) is 2.70. The maximum Gasteiger partial charge on any atom is 0.387 e. The minimum atomic E-state index is -2.86. The number of halogens is 2. The molecule has 0 aliphatic carbocycles. The van der Waals surface area contributed by atoms with Gasteiger partial charge >= 0.3 is 6.61 Å². The van der Waals surface area contributed by atoms with Crippen LogP contribution in [0.4, 0.5) is 8.78 Å². The second kappa shape index (κ2) is 5.05. The summed E-state index contributed by atoms with van der Waals surface area (Å²) in [6.07, 6.45) is 1.36. The average Bonchev–Trinajstić information content (AvgIpc) is 2.71. The van der Waals surface area contributed by atoms with Crippen molar-refractivity contribution >= 4 is 5.91 Å². The standard InChI is InChI=1S/C12H11F2N3O2/c1-7-10(11(15)18)6-16-17(7)8-2-4-9(5-3-8)19-12(13)14/h2-6,12H,1H3,(H2,15,18). The quantitative estimate of drug-likeness (QED) is 0.919. The van der Waals surface area contributed by atoms with Crippen LogP contribution in [-0.4, -0.2) is 22.3 Å². The van der Waals surface area contributed by atoms with E-state index in [4.69, 9.17) is 5.73 Å². The summed E-state index contributed by atoms with van der Waals surface area (Å²) >= 11 is 0. The summed E-state index contributed by atoms with van der Waals surface area (Å²) in [6.45, 7) is -1.17. The molecular weight excluding hydrogens is 256 g/mol. The van der Waals surface area contributed by atoms with E-state index in [1.807, 2.05) is 0 Å². The molecule has 0 aliphatic heterocycles. The van der Waals surface area contributed by atoms with E-state index >= 15 is 0 Å². The molecule has 1 aromatic heterocycles. The molecule has 7 heteroatoms. The highest BCUT2D eigenvalue weighted by Crippen LogP contribution is 2.19.